The third-order valence-electron chi connectivity index (χ3n) is 1.97. The fourth-order valence-electron chi connectivity index (χ4n) is 1.52. The van der Waals surface area contributed by atoms with Crippen LogP contribution in [0.15, 0.2) is 12.7 Å². The van der Waals surface area contributed by atoms with Gasteiger partial charge in [-0.2, -0.15) is 0 Å². The van der Waals surface area contributed by atoms with Gasteiger partial charge < -0.3 is 9.47 Å². The van der Waals surface area contributed by atoms with Gasteiger partial charge in [-0.05, 0) is 20.8 Å². The highest BCUT2D eigenvalue weighted by molar-refractivity contribution is 5.85. The highest BCUT2D eigenvalue weighted by atomic mass is 16.8. The first-order valence-electron chi connectivity index (χ1n) is 4.45. The van der Waals surface area contributed by atoms with Crippen molar-refractivity contribution < 1.29 is 14.3 Å². The fourth-order valence-corrected chi connectivity index (χ4v) is 1.52. The van der Waals surface area contributed by atoms with E-state index in [9.17, 15) is 4.79 Å². The predicted octanol–water partition coefficient (Wildman–Crippen LogP) is 1.67. The number of ketones is 1. The third kappa shape index (κ3) is 2.39. The van der Waals surface area contributed by atoms with Gasteiger partial charge in [-0.1, -0.05) is 6.08 Å². The minimum Gasteiger partial charge on any atom is -0.344 e. The molecular formula is C10H16O3. The van der Waals surface area contributed by atoms with Gasteiger partial charge in [0, 0.05) is 6.42 Å². The first-order valence-corrected chi connectivity index (χ1v) is 4.45. The first kappa shape index (κ1) is 10.4. The zero-order chi connectivity index (χ0) is 10.1. The molecule has 2 atom stereocenters. The molecule has 3 nitrogen and oxygen atoms in total. The lowest BCUT2D eigenvalue weighted by atomic mass is 10.1. The number of Topliss-reactive ketones (excluding diaryl/α,β-unsaturated/α-hetero) is 1. The van der Waals surface area contributed by atoms with Crippen LogP contribution in [-0.2, 0) is 14.3 Å². The van der Waals surface area contributed by atoms with Crippen LogP contribution < -0.4 is 0 Å². The summed E-state index contributed by atoms with van der Waals surface area (Å²) in [5.41, 5.74) is 0. The first-order chi connectivity index (χ1) is 5.96. The molecule has 0 radical (unpaired) electrons. The van der Waals surface area contributed by atoms with Crippen molar-refractivity contribution in [3.63, 3.8) is 0 Å². The van der Waals surface area contributed by atoms with E-state index in [1.807, 2.05) is 20.8 Å². The normalized spacial score (nSPS) is 31.6. The summed E-state index contributed by atoms with van der Waals surface area (Å²) >= 11 is 0. The van der Waals surface area contributed by atoms with Gasteiger partial charge in [0.1, 0.15) is 6.10 Å². The predicted molar refractivity (Wildman–Crippen MR) is 49.3 cm³/mol. The van der Waals surface area contributed by atoms with E-state index >= 15 is 0 Å². The minimum absolute atomic E-state index is 0.0353. The smallest absolute Gasteiger partial charge is 0.168 e. The Morgan fingerprint density at radius 1 is 1.54 bits per heavy atom. The van der Waals surface area contributed by atoms with Gasteiger partial charge in [-0.15, -0.1) is 6.58 Å². The van der Waals surface area contributed by atoms with Crippen molar-refractivity contribution in [1.29, 1.82) is 0 Å². The van der Waals surface area contributed by atoms with Gasteiger partial charge >= 0.3 is 0 Å². The Bertz CT molecular complexity index is 220. The number of carbonyl (C=O) groups excluding carboxylic acids is 1. The van der Waals surface area contributed by atoms with Crippen LogP contribution in [0, 0.1) is 0 Å². The van der Waals surface area contributed by atoms with Gasteiger partial charge in [0.15, 0.2) is 11.6 Å². The molecule has 1 aliphatic rings. The van der Waals surface area contributed by atoms with Gasteiger partial charge in [0.25, 0.3) is 0 Å². The number of carbonyl (C=O) groups is 1. The molecule has 13 heavy (non-hydrogen) atoms. The van der Waals surface area contributed by atoms with Crippen LogP contribution in [0.5, 0.6) is 0 Å². The van der Waals surface area contributed by atoms with Crippen molar-refractivity contribution in [2.75, 3.05) is 0 Å². The lowest BCUT2D eigenvalue weighted by molar-refractivity contribution is -0.153. The van der Waals surface area contributed by atoms with Crippen LogP contribution >= 0.6 is 0 Å². The zero-order valence-corrected chi connectivity index (χ0v) is 8.37. The summed E-state index contributed by atoms with van der Waals surface area (Å²) in [6.45, 7) is 8.98. The molecule has 0 spiro atoms. The second-order valence-electron chi connectivity index (χ2n) is 3.72. The van der Waals surface area contributed by atoms with Crippen molar-refractivity contribution in [2.45, 2.75) is 45.2 Å². The van der Waals surface area contributed by atoms with E-state index in [2.05, 4.69) is 6.58 Å². The van der Waals surface area contributed by atoms with E-state index < -0.39 is 11.9 Å². The van der Waals surface area contributed by atoms with E-state index in [4.69, 9.17) is 9.47 Å². The molecule has 0 aromatic rings. The summed E-state index contributed by atoms with van der Waals surface area (Å²) in [7, 11) is 0. The van der Waals surface area contributed by atoms with E-state index in [0.29, 0.717) is 6.42 Å². The van der Waals surface area contributed by atoms with Crippen molar-refractivity contribution in [3.8, 4) is 0 Å². The number of hydrogen-bond acceptors (Lipinski definition) is 3. The Morgan fingerprint density at radius 3 is 2.54 bits per heavy atom. The van der Waals surface area contributed by atoms with Crippen molar-refractivity contribution in [2.24, 2.45) is 0 Å². The van der Waals surface area contributed by atoms with E-state index in [-0.39, 0.29) is 11.9 Å². The van der Waals surface area contributed by atoms with Crippen molar-refractivity contribution in [3.05, 3.63) is 12.7 Å². The molecule has 3 heteroatoms. The van der Waals surface area contributed by atoms with E-state index in [1.165, 1.54) is 0 Å². The van der Waals surface area contributed by atoms with Crippen LogP contribution in [-0.4, -0.2) is 23.8 Å². The molecule has 1 aliphatic heterocycles. The van der Waals surface area contributed by atoms with Gasteiger partial charge in [0.2, 0.25) is 0 Å². The van der Waals surface area contributed by atoms with Gasteiger partial charge in [-0.25, -0.2) is 0 Å². The summed E-state index contributed by atoms with van der Waals surface area (Å²) < 4.78 is 10.9. The van der Waals surface area contributed by atoms with Crippen LogP contribution in [0.3, 0.4) is 0 Å². The minimum atomic E-state index is -0.638. The second kappa shape index (κ2) is 3.60. The number of allylic oxidation sites excluding steroid dienone is 1. The van der Waals surface area contributed by atoms with Crippen LogP contribution in [0.4, 0.5) is 0 Å². The molecule has 1 heterocycles. The summed E-state index contributed by atoms with van der Waals surface area (Å²) in [6.07, 6.45) is 1.33. The molecule has 74 valence electrons. The Hall–Kier alpha value is -0.670. The van der Waals surface area contributed by atoms with Crippen molar-refractivity contribution >= 4 is 5.78 Å². The number of rotatable bonds is 3. The maximum atomic E-state index is 11.5. The quantitative estimate of drug-likeness (QED) is 0.626. The SMILES string of the molecule is C=CCC(=O)[C@@H]1OC(C)(C)O[C@H]1C. The molecule has 0 bridgehead atoms. The third-order valence-corrected chi connectivity index (χ3v) is 1.97. The van der Waals surface area contributed by atoms with Gasteiger partial charge in [-0.3, -0.25) is 4.79 Å². The van der Waals surface area contributed by atoms with E-state index in [0.717, 1.165) is 0 Å². The summed E-state index contributed by atoms with van der Waals surface area (Å²) in [4.78, 5) is 11.5. The second-order valence-corrected chi connectivity index (χ2v) is 3.72. The zero-order valence-electron chi connectivity index (χ0n) is 8.37. The lowest BCUT2D eigenvalue weighted by Crippen LogP contribution is -2.29. The average Bonchev–Trinajstić information content (AvgIpc) is 2.25. The molecule has 0 aromatic heterocycles. The Balaban J connectivity index is 2.62. The fraction of sp³-hybridized carbons (Fsp3) is 0.700. The van der Waals surface area contributed by atoms with Crippen LogP contribution in [0.2, 0.25) is 0 Å². The van der Waals surface area contributed by atoms with Crippen molar-refractivity contribution in [1.82, 2.24) is 0 Å². The average molecular weight is 184 g/mol. The molecule has 1 rings (SSSR count). The Kier molecular flexibility index (Phi) is 2.88. The Labute approximate surface area is 78.7 Å². The summed E-state index contributed by atoms with van der Waals surface area (Å²) in [6, 6.07) is 0. The number of ether oxygens (including phenoxy) is 2. The Morgan fingerprint density at radius 2 is 2.15 bits per heavy atom. The maximum absolute atomic E-state index is 11.5. The highest BCUT2D eigenvalue weighted by Gasteiger charge is 2.41. The van der Waals surface area contributed by atoms with Crippen LogP contribution in [0.25, 0.3) is 0 Å². The molecule has 1 saturated heterocycles. The monoisotopic (exact) mass is 184 g/mol. The highest BCUT2D eigenvalue weighted by Crippen LogP contribution is 2.28. The summed E-state index contributed by atoms with van der Waals surface area (Å²) in [5.74, 6) is -0.603. The molecule has 0 N–H and O–H groups in total. The molecular weight excluding hydrogens is 168 g/mol. The van der Waals surface area contributed by atoms with Gasteiger partial charge in [0.05, 0.1) is 6.10 Å². The topological polar surface area (TPSA) is 35.5 Å². The van der Waals surface area contributed by atoms with E-state index in [1.54, 1.807) is 6.08 Å². The largest absolute Gasteiger partial charge is 0.344 e. The molecule has 1 fully saturated rings. The number of hydrogen-bond donors (Lipinski definition) is 0. The van der Waals surface area contributed by atoms with Crippen LogP contribution in [0.1, 0.15) is 27.2 Å². The molecule has 0 aromatic carbocycles. The molecule has 0 saturated carbocycles. The molecule has 0 amide bonds. The molecule has 0 unspecified atom stereocenters. The standard InChI is InChI=1S/C10H16O3/c1-5-6-8(11)9-7(2)12-10(3,4)13-9/h5,7,9H,1,6H2,2-4H3/t7-,9+/m0/s1. The molecule has 0 aliphatic carbocycles. The maximum Gasteiger partial charge on any atom is 0.168 e. The summed E-state index contributed by atoms with van der Waals surface area (Å²) in [5, 5.41) is 0. The lowest BCUT2D eigenvalue weighted by Gasteiger charge is -2.16.